The molecular weight excluding hydrogens is 518 g/mol. The highest BCUT2D eigenvalue weighted by Crippen LogP contribution is 2.41. The SMILES string of the molecule is CC(=O)Oc1cc2oc(=O)c3[nH]c4c(=O)oc5cc(OC(C)=O)c(OC(C)=O)cc5c4c3c2cc1OC(C)=O. The number of nitrogens with one attached hydrogen (secondary N) is 1. The number of hydrogen-bond acceptors (Lipinski definition) is 12. The highest BCUT2D eigenvalue weighted by atomic mass is 16.6. The van der Waals surface area contributed by atoms with Crippen molar-refractivity contribution in [1.82, 2.24) is 4.98 Å². The molecule has 1 N–H and O–H groups in total. The van der Waals surface area contributed by atoms with Crippen molar-refractivity contribution in [2.45, 2.75) is 27.7 Å². The van der Waals surface area contributed by atoms with Crippen molar-refractivity contribution in [2.75, 3.05) is 0 Å². The summed E-state index contributed by atoms with van der Waals surface area (Å²) < 4.78 is 31.5. The van der Waals surface area contributed by atoms with Gasteiger partial charge in [-0.25, -0.2) is 9.59 Å². The van der Waals surface area contributed by atoms with E-state index in [1.54, 1.807) is 0 Å². The average Bonchev–Trinajstić information content (AvgIpc) is 3.22. The van der Waals surface area contributed by atoms with Crippen LogP contribution in [0.1, 0.15) is 27.7 Å². The first-order valence-corrected chi connectivity index (χ1v) is 11.2. The van der Waals surface area contributed by atoms with Crippen LogP contribution in [-0.2, 0) is 19.2 Å². The fraction of sp³-hybridized carbons (Fsp3) is 0.154. The minimum Gasteiger partial charge on any atom is -0.423 e. The van der Waals surface area contributed by atoms with E-state index in [0.717, 1.165) is 27.7 Å². The molecule has 5 rings (SSSR count). The van der Waals surface area contributed by atoms with Gasteiger partial charge >= 0.3 is 35.1 Å². The summed E-state index contributed by atoms with van der Waals surface area (Å²) in [5.41, 5.74) is -2.09. The number of carbonyl (C=O) groups excluding carboxylic acids is 4. The smallest absolute Gasteiger partial charge is 0.360 e. The van der Waals surface area contributed by atoms with Gasteiger partial charge < -0.3 is 32.8 Å². The van der Waals surface area contributed by atoms with Gasteiger partial charge in [-0.05, 0) is 12.1 Å². The number of aromatic nitrogens is 1. The zero-order chi connectivity index (χ0) is 28.2. The molecule has 13 nitrogen and oxygen atoms in total. The van der Waals surface area contributed by atoms with Crippen molar-refractivity contribution in [3.05, 3.63) is 45.1 Å². The van der Waals surface area contributed by atoms with Gasteiger partial charge in [-0.2, -0.15) is 0 Å². The topological polar surface area (TPSA) is 181 Å². The number of aromatic amines is 1. The lowest BCUT2D eigenvalue weighted by Crippen LogP contribution is -2.08. The Morgan fingerprint density at radius 1 is 0.564 bits per heavy atom. The first-order valence-electron chi connectivity index (χ1n) is 11.2. The van der Waals surface area contributed by atoms with E-state index in [1.807, 2.05) is 0 Å². The quantitative estimate of drug-likeness (QED) is 0.202. The molecule has 0 spiro atoms. The zero-order valence-electron chi connectivity index (χ0n) is 20.7. The maximum absolute atomic E-state index is 12.9. The predicted molar refractivity (Wildman–Crippen MR) is 133 cm³/mol. The second-order valence-electron chi connectivity index (χ2n) is 8.37. The van der Waals surface area contributed by atoms with Crippen LogP contribution in [0.2, 0.25) is 0 Å². The molecule has 0 atom stereocenters. The summed E-state index contributed by atoms with van der Waals surface area (Å²) >= 11 is 0. The van der Waals surface area contributed by atoms with Crippen LogP contribution in [-0.4, -0.2) is 28.9 Å². The molecule has 0 aliphatic carbocycles. The van der Waals surface area contributed by atoms with Crippen LogP contribution in [0, 0.1) is 0 Å². The number of esters is 4. The Morgan fingerprint density at radius 2 is 0.872 bits per heavy atom. The standard InChI is InChI=1S/C26H17NO12/c1-9(28)34-17-5-13-15(7-19(17)36-11(3)30)38-25(32)23-21(13)22-14-6-18(35-10(2)29)20(37-12(4)31)8-16(14)39-26(33)24(22)27-23/h5-8,27H,1-4H3. The first-order chi connectivity index (χ1) is 18.4. The molecule has 0 bridgehead atoms. The summed E-state index contributed by atoms with van der Waals surface area (Å²) in [6, 6.07) is 5.03. The molecule has 3 aromatic heterocycles. The summed E-state index contributed by atoms with van der Waals surface area (Å²) in [4.78, 5) is 75.3. The molecule has 3 heterocycles. The predicted octanol–water partition coefficient (Wildman–Crippen LogP) is 3.24. The maximum Gasteiger partial charge on any atom is 0.360 e. The molecule has 5 aromatic rings. The molecule has 0 saturated carbocycles. The molecular formula is C26H17NO12. The van der Waals surface area contributed by atoms with E-state index in [9.17, 15) is 28.8 Å². The Bertz CT molecular complexity index is 1880. The van der Waals surface area contributed by atoms with Crippen molar-refractivity contribution < 1.29 is 47.0 Å². The third-order valence-electron chi connectivity index (χ3n) is 5.46. The minimum absolute atomic E-state index is 0.0568. The summed E-state index contributed by atoms with van der Waals surface area (Å²) in [5.74, 6) is -3.54. The molecule has 13 heteroatoms. The van der Waals surface area contributed by atoms with Crippen LogP contribution < -0.4 is 30.2 Å². The Labute approximate surface area is 215 Å². The van der Waals surface area contributed by atoms with Gasteiger partial charge in [0.25, 0.3) is 0 Å². The van der Waals surface area contributed by atoms with Crippen molar-refractivity contribution in [3.63, 3.8) is 0 Å². The molecule has 39 heavy (non-hydrogen) atoms. The first kappa shape index (κ1) is 25.2. The van der Waals surface area contributed by atoms with Crippen molar-refractivity contribution >= 4 is 67.6 Å². The largest absolute Gasteiger partial charge is 0.423 e. The highest BCUT2D eigenvalue weighted by Gasteiger charge is 2.24. The van der Waals surface area contributed by atoms with E-state index >= 15 is 0 Å². The second-order valence-corrected chi connectivity index (χ2v) is 8.37. The Hall–Kier alpha value is -5.46. The number of rotatable bonds is 4. The molecule has 0 aliphatic rings. The van der Waals surface area contributed by atoms with E-state index in [1.165, 1.54) is 24.3 Å². The second kappa shape index (κ2) is 9.13. The van der Waals surface area contributed by atoms with Crippen LogP contribution in [0.5, 0.6) is 23.0 Å². The molecule has 0 radical (unpaired) electrons. The van der Waals surface area contributed by atoms with Gasteiger partial charge in [0.2, 0.25) is 0 Å². The lowest BCUT2D eigenvalue weighted by atomic mass is 10.0. The lowest BCUT2D eigenvalue weighted by molar-refractivity contribution is -0.134. The number of H-pyrrole nitrogens is 1. The number of fused-ring (bicyclic) bond motifs is 7. The minimum atomic E-state index is -0.869. The Morgan fingerprint density at radius 3 is 1.18 bits per heavy atom. The Kier molecular flexibility index (Phi) is 5.90. The monoisotopic (exact) mass is 535 g/mol. The Balaban J connectivity index is 1.97. The number of carbonyl (C=O) groups is 4. The molecule has 0 amide bonds. The maximum atomic E-state index is 12.9. The van der Waals surface area contributed by atoms with E-state index in [-0.39, 0.29) is 66.7 Å². The average molecular weight is 535 g/mol. The van der Waals surface area contributed by atoms with Crippen LogP contribution in [0.25, 0.3) is 43.7 Å². The lowest BCUT2D eigenvalue weighted by Gasteiger charge is -2.11. The fourth-order valence-electron chi connectivity index (χ4n) is 4.23. The number of ether oxygens (including phenoxy) is 4. The van der Waals surface area contributed by atoms with Gasteiger partial charge in [0.1, 0.15) is 22.2 Å². The van der Waals surface area contributed by atoms with Gasteiger partial charge in [0.05, 0.1) is 0 Å². The van der Waals surface area contributed by atoms with Crippen LogP contribution >= 0.6 is 0 Å². The van der Waals surface area contributed by atoms with Crippen LogP contribution in [0.3, 0.4) is 0 Å². The third kappa shape index (κ3) is 4.45. The third-order valence-corrected chi connectivity index (χ3v) is 5.46. The zero-order valence-corrected chi connectivity index (χ0v) is 20.7. The van der Waals surface area contributed by atoms with Crippen molar-refractivity contribution in [3.8, 4) is 23.0 Å². The van der Waals surface area contributed by atoms with Crippen LogP contribution in [0.4, 0.5) is 0 Å². The normalized spacial score (nSPS) is 11.2. The summed E-state index contributed by atoms with van der Waals surface area (Å²) in [6.45, 7) is 4.56. The number of hydrogen-bond donors (Lipinski definition) is 1. The molecule has 0 aliphatic heterocycles. The summed E-state index contributed by atoms with van der Waals surface area (Å²) in [6.07, 6.45) is 0. The van der Waals surface area contributed by atoms with Crippen LogP contribution in [0.15, 0.2) is 42.7 Å². The highest BCUT2D eigenvalue weighted by molar-refractivity contribution is 6.26. The van der Waals surface area contributed by atoms with Crippen molar-refractivity contribution in [2.24, 2.45) is 0 Å². The summed E-state index contributed by atoms with van der Waals surface area (Å²) in [5, 5.41) is 0.748. The number of benzene rings is 2. The van der Waals surface area contributed by atoms with Gasteiger partial charge in [0, 0.05) is 61.4 Å². The molecule has 198 valence electrons. The molecule has 2 aromatic carbocycles. The van der Waals surface area contributed by atoms with E-state index in [0.29, 0.717) is 0 Å². The van der Waals surface area contributed by atoms with E-state index < -0.39 is 35.1 Å². The molecule has 0 fully saturated rings. The van der Waals surface area contributed by atoms with Gasteiger partial charge in [-0.15, -0.1) is 0 Å². The van der Waals surface area contributed by atoms with Crippen molar-refractivity contribution in [1.29, 1.82) is 0 Å². The van der Waals surface area contributed by atoms with Gasteiger partial charge in [0.15, 0.2) is 23.0 Å². The van der Waals surface area contributed by atoms with Gasteiger partial charge in [-0.3, -0.25) is 19.2 Å². The van der Waals surface area contributed by atoms with E-state index in [4.69, 9.17) is 27.8 Å². The van der Waals surface area contributed by atoms with E-state index in [2.05, 4.69) is 4.98 Å². The molecule has 0 unspecified atom stereocenters. The fourth-order valence-corrected chi connectivity index (χ4v) is 4.23. The summed E-state index contributed by atoms with van der Waals surface area (Å²) in [7, 11) is 0. The molecule has 0 saturated heterocycles. The van der Waals surface area contributed by atoms with Gasteiger partial charge in [-0.1, -0.05) is 0 Å².